The van der Waals surface area contributed by atoms with E-state index < -0.39 is 9.84 Å². The third-order valence-corrected chi connectivity index (χ3v) is 2.75. The number of nitrogens with one attached hydrogen (secondary N) is 1. The molecule has 0 rings (SSSR count). The van der Waals surface area contributed by atoms with E-state index in [1.165, 1.54) is 6.26 Å². The van der Waals surface area contributed by atoms with Crippen molar-refractivity contribution in [3.8, 4) is 0 Å². The van der Waals surface area contributed by atoms with Crippen LogP contribution in [0.15, 0.2) is 0 Å². The third kappa shape index (κ3) is 11.9. The quantitative estimate of drug-likeness (QED) is 0.576. The Balaban J connectivity index is 3.07. The summed E-state index contributed by atoms with van der Waals surface area (Å²) in [5.74, 6) is 0.269. The molecule has 0 aromatic heterocycles. The Hall–Kier alpha value is -0.130. The lowest BCUT2D eigenvalue weighted by molar-refractivity contribution is 0.145. The molecule has 0 heterocycles. The minimum absolute atomic E-state index is 0.269. The van der Waals surface area contributed by atoms with Crippen LogP contribution in [0, 0.1) is 0 Å². The van der Waals surface area contributed by atoms with Gasteiger partial charge in [-0.05, 0) is 32.9 Å². The van der Waals surface area contributed by atoms with Crippen molar-refractivity contribution in [1.29, 1.82) is 0 Å². The highest BCUT2D eigenvalue weighted by Crippen LogP contribution is 1.87. The number of sulfone groups is 1. The smallest absolute Gasteiger partial charge is 0.147 e. The molecule has 1 N–H and O–H groups in total. The van der Waals surface area contributed by atoms with Gasteiger partial charge < -0.3 is 10.1 Å². The summed E-state index contributed by atoms with van der Waals surface area (Å²) in [4.78, 5) is 0. The second-order valence-corrected chi connectivity index (χ2v) is 5.54. The minimum Gasteiger partial charge on any atom is -0.382 e. The van der Waals surface area contributed by atoms with Gasteiger partial charge in [0, 0.05) is 19.5 Å². The van der Waals surface area contributed by atoms with Crippen LogP contribution in [0.25, 0.3) is 0 Å². The van der Waals surface area contributed by atoms with Crippen molar-refractivity contribution in [2.75, 3.05) is 38.3 Å². The Bertz CT molecular complexity index is 214. The zero-order valence-corrected chi connectivity index (χ0v) is 9.90. The summed E-state index contributed by atoms with van der Waals surface area (Å²) >= 11 is 0. The Morgan fingerprint density at radius 3 is 2.43 bits per heavy atom. The molecule has 0 spiro atoms. The molecule has 4 nitrogen and oxygen atoms in total. The molecular formula is C9H21NO3S. The molecule has 14 heavy (non-hydrogen) atoms. The predicted molar refractivity (Wildman–Crippen MR) is 58.3 cm³/mol. The fourth-order valence-corrected chi connectivity index (χ4v) is 1.70. The van der Waals surface area contributed by atoms with E-state index in [-0.39, 0.29) is 5.75 Å². The molecule has 0 fully saturated rings. The van der Waals surface area contributed by atoms with Gasteiger partial charge in [0.25, 0.3) is 0 Å². The normalized spacial score (nSPS) is 11.9. The minimum atomic E-state index is -2.79. The molecule has 0 aromatic carbocycles. The van der Waals surface area contributed by atoms with Gasteiger partial charge in [-0.15, -0.1) is 0 Å². The maximum Gasteiger partial charge on any atom is 0.147 e. The average Bonchev–Trinajstić information content (AvgIpc) is 2.08. The summed E-state index contributed by atoms with van der Waals surface area (Å²) in [6.45, 7) is 5.16. The molecular weight excluding hydrogens is 202 g/mol. The van der Waals surface area contributed by atoms with Gasteiger partial charge in [-0.1, -0.05) is 0 Å². The molecule has 5 heteroatoms. The summed E-state index contributed by atoms with van der Waals surface area (Å²) < 4.78 is 26.7. The second kappa shape index (κ2) is 8.20. The third-order valence-electron chi connectivity index (χ3n) is 1.72. The lowest BCUT2D eigenvalue weighted by atomic mass is 10.4. The monoisotopic (exact) mass is 223 g/mol. The van der Waals surface area contributed by atoms with Gasteiger partial charge in [0.2, 0.25) is 0 Å². The van der Waals surface area contributed by atoms with Crippen LogP contribution in [0.1, 0.15) is 19.8 Å². The van der Waals surface area contributed by atoms with E-state index in [1.54, 1.807) is 0 Å². The molecule has 0 aromatic rings. The Morgan fingerprint density at radius 1 is 1.21 bits per heavy atom. The van der Waals surface area contributed by atoms with Gasteiger partial charge in [-0.2, -0.15) is 0 Å². The predicted octanol–water partition coefficient (Wildman–Crippen LogP) is 0.437. The first kappa shape index (κ1) is 13.9. The summed E-state index contributed by atoms with van der Waals surface area (Å²) in [7, 11) is -2.79. The van der Waals surface area contributed by atoms with Gasteiger partial charge in [-0.3, -0.25) is 0 Å². The van der Waals surface area contributed by atoms with E-state index in [1.807, 2.05) is 6.92 Å². The Morgan fingerprint density at radius 2 is 1.86 bits per heavy atom. The fraction of sp³-hybridized carbons (Fsp3) is 1.00. The number of hydrogen-bond acceptors (Lipinski definition) is 4. The van der Waals surface area contributed by atoms with Crippen molar-refractivity contribution in [3.63, 3.8) is 0 Å². The molecule has 0 aliphatic rings. The molecule has 0 aliphatic heterocycles. The molecule has 86 valence electrons. The van der Waals surface area contributed by atoms with Crippen LogP contribution in [-0.4, -0.2) is 46.7 Å². The molecule has 0 atom stereocenters. The molecule has 0 aliphatic carbocycles. The van der Waals surface area contributed by atoms with Gasteiger partial charge >= 0.3 is 0 Å². The SMILES string of the molecule is CCOCCCNCCCS(C)(=O)=O. The van der Waals surface area contributed by atoms with Gasteiger partial charge in [-0.25, -0.2) is 8.42 Å². The molecule has 0 saturated carbocycles. The van der Waals surface area contributed by atoms with E-state index in [4.69, 9.17) is 4.74 Å². The van der Waals surface area contributed by atoms with Crippen molar-refractivity contribution in [3.05, 3.63) is 0 Å². The van der Waals surface area contributed by atoms with Crippen LogP contribution in [-0.2, 0) is 14.6 Å². The van der Waals surface area contributed by atoms with E-state index in [2.05, 4.69) is 5.32 Å². The van der Waals surface area contributed by atoms with Crippen LogP contribution < -0.4 is 5.32 Å². The van der Waals surface area contributed by atoms with Crippen molar-refractivity contribution in [2.24, 2.45) is 0 Å². The van der Waals surface area contributed by atoms with Gasteiger partial charge in [0.1, 0.15) is 9.84 Å². The first-order valence-electron chi connectivity index (χ1n) is 5.02. The summed E-state index contributed by atoms with van der Waals surface area (Å²) in [5, 5.41) is 3.17. The standard InChI is InChI=1S/C9H21NO3S/c1-3-13-8-4-6-10-7-5-9-14(2,11)12/h10H,3-9H2,1-2H3. The molecule has 0 bridgehead atoms. The van der Waals surface area contributed by atoms with E-state index in [9.17, 15) is 8.42 Å². The number of rotatable bonds is 9. The maximum atomic E-state index is 10.8. The molecule has 0 saturated heterocycles. The van der Waals surface area contributed by atoms with Crippen LogP contribution in [0.2, 0.25) is 0 Å². The van der Waals surface area contributed by atoms with Crippen LogP contribution in [0.5, 0.6) is 0 Å². The second-order valence-electron chi connectivity index (χ2n) is 3.28. The lowest BCUT2D eigenvalue weighted by Crippen LogP contribution is -2.20. The van der Waals surface area contributed by atoms with Gasteiger partial charge in [0.15, 0.2) is 0 Å². The maximum absolute atomic E-state index is 10.8. The van der Waals surface area contributed by atoms with Crippen molar-refractivity contribution >= 4 is 9.84 Å². The molecule has 0 amide bonds. The van der Waals surface area contributed by atoms with E-state index in [0.717, 1.165) is 32.7 Å². The van der Waals surface area contributed by atoms with E-state index >= 15 is 0 Å². The number of ether oxygens (including phenoxy) is 1. The highest BCUT2D eigenvalue weighted by molar-refractivity contribution is 7.90. The molecule has 0 radical (unpaired) electrons. The highest BCUT2D eigenvalue weighted by Gasteiger charge is 1.99. The van der Waals surface area contributed by atoms with Gasteiger partial charge in [0.05, 0.1) is 5.75 Å². The lowest BCUT2D eigenvalue weighted by Gasteiger charge is -2.04. The first-order valence-corrected chi connectivity index (χ1v) is 7.08. The molecule has 0 unspecified atom stereocenters. The highest BCUT2D eigenvalue weighted by atomic mass is 32.2. The Kier molecular flexibility index (Phi) is 8.12. The topological polar surface area (TPSA) is 55.4 Å². The van der Waals surface area contributed by atoms with Crippen molar-refractivity contribution in [2.45, 2.75) is 19.8 Å². The number of hydrogen-bond donors (Lipinski definition) is 1. The van der Waals surface area contributed by atoms with Crippen LogP contribution in [0.4, 0.5) is 0 Å². The van der Waals surface area contributed by atoms with Crippen molar-refractivity contribution < 1.29 is 13.2 Å². The largest absolute Gasteiger partial charge is 0.382 e. The summed E-state index contributed by atoms with van der Waals surface area (Å²) in [6, 6.07) is 0. The zero-order valence-electron chi connectivity index (χ0n) is 9.08. The van der Waals surface area contributed by atoms with Crippen LogP contribution in [0.3, 0.4) is 0 Å². The fourth-order valence-electron chi connectivity index (χ4n) is 1.03. The van der Waals surface area contributed by atoms with E-state index in [0.29, 0.717) is 6.42 Å². The summed E-state index contributed by atoms with van der Waals surface area (Å²) in [6.07, 6.45) is 2.93. The average molecular weight is 223 g/mol. The summed E-state index contributed by atoms with van der Waals surface area (Å²) in [5.41, 5.74) is 0. The Labute approximate surface area is 86.9 Å². The van der Waals surface area contributed by atoms with Crippen molar-refractivity contribution in [1.82, 2.24) is 5.32 Å². The first-order chi connectivity index (χ1) is 6.56. The zero-order chi connectivity index (χ0) is 10.9. The van der Waals surface area contributed by atoms with Crippen LogP contribution >= 0.6 is 0 Å².